The van der Waals surface area contributed by atoms with E-state index in [4.69, 9.17) is 5.73 Å². The van der Waals surface area contributed by atoms with Crippen molar-refractivity contribution in [2.75, 3.05) is 18.4 Å². The highest BCUT2D eigenvalue weighted by Gasteiger charge is 2.11. The molecule has 3 amide bonds. The fraction of sp³-hybridized carbons (Fsp3) is 0.154. The summed E-state index contributed by atoms with van der Waals surface area (Å²) in [7, 11) is 0. The van der Waals surface area contributed by atoms with Crippen LogP contribution in [-0.2, 0) is 11.2 Å². The molecule has 0 saturated carbocycles. The largest absolute Gasteiger partial charge is 0.351 e. The van der Waals surface area contributed by atoms with E-state index in [2.05, 4.69) is 16.0 Å². The van der Waals surface area contributed by atoms with Crippen LogP contribution < -0.4 is 21.7 Å². The van der Waals surface area contributed by atoms with Crippen molar-refractivity contribution in [3.05, 3.63) is 103 Å². The smallest absolute Gasteiger partial charge is 0.319 e. The molecule has 32 heavy (non-hydrogen) atoms. The Hall–Kier alpha value is -3.90. The first-order valence-corrected chi connectivity index (χ1v) is 10.6. The number of hydrogen-bond donors (Lipinski definition) is 4. The lowest BCUT2D eigenvalue weighted by atomic mass is 10.1. The molecule has 0 fully saturated rings. The van der Waals surface area contributed by atoms with Gasteiger partial charge in [0, 0.05) is 24.9 Å². The van der Waals surface area contributed by atoms with Crippen LogP contribution in [0.4, 0.5) is 10.5 Å². The molecule has 0 radical (unpaired) electrons. The van der Waals surface area contributed by atoms with Crippen LogP contribution in [0.5, 0.6) is 0 Å². The van der Waals surface area contributed by atoms with E-state index in [-0.39, 0.29) is 18.0 Å². The van der Waals surface area contributed by atoms with Gasteiger partial charge in [0.25, 0.3) is 0 Å². The molecule has 164 valence electrons. The number of rotatable bonds is 9. The number of benzene rings is 3. The summed E-state index contributed by atoms with van der Waals surface area (Å²) in [5, 5.41) is 8.47. The predicted molar refractivity (Wildman–Crippen MR) is 129 cm³/mol. The van der Waals surface area contributed by atoms with E-state index in [1.165, 1.54) is 6.08 Å². The molecule has 0 aliphatic heterocycles. The van der Waals surface area contributed by atoms with Gasteiger partial charge in [-0.1, -0.05) is 78.9 Å². The minimum Gasteiger partial charge on any atom is -0.351 e. The molecule has 5 N–H and O–H groups in total. The third-order valence-corrected chi connectivity index (χ3v) is 4.79. The second-order valence-electron chi connectivity index (χ2n) is 7.28. The zero-order chi connectivity index (χ0) is 22.6. The average molecular weight is 429 g/mol. The summed E-state index contributed by atoms with van der Waals surface area (Å²) in [5.74, 6) is -0.243. The molecule has 3 rings (SSSR count). The summed E-state index contributed by atoms with van der Waals surface area (Å²) >= 11 is 0. The molecule has 0 heterocycles. The number of nitrogens with one attached hydrogen (secondary N) is 3. The van der Waals surface area contributed by atoms with Crippen LogP contribution in [0.2, 0.25) is 0 Å². The van der Waals surface area contributed by atoms with E-state index >= 15 is 0 Å². The maximum atomic E-state index is 12.6. The predicted octanol–water partition coefficient (Wildman–Crippen LogP) is 3.72. The van der Waals surface area contributed by atoms with Crippen molar-refractivity contribution in [1.82, 2.24) is 10.6 Å². The van der Waals surface area contributed by atoms with E-state index in [0.29, 0.717) is 25.2 Å². The molecule has 0 saturated heterocycles. The van der Waals surface area contributed by atoms with Gasteiger partial charge < -0.3 is 21.7 Å². The van der Waals surface area contributed by atoms with Gasteiger partial charge in [0.15, 0.2) is 0 Å². The van der Waals surface area contributed by atoms with Crippen LogP contribution in [0.1, 0.15) is 5.56 Å². The molecular weight excluding hydrogens is 400 g/mol. The van der Waals surface area contributed by atoms with Crippen LogP contribution in [-0.4, -0.2) is 31.1 Å². The number of nitrogens with two attached hydrogens (primary N) is 1. The van der Waals surface area contributed by atoms with E-state index in [9.17, 15) is 9.59 Å². The number of urea groups is 1. The minimum atomic E-state index is -0.357. The molecule has 3 aromatic carbocycles. The first-order chi connectivity index (χ1) is 15.6. The van der Waals surface area contributed by atoms with Crippen molar-refractivity contribution >= 4 is 17.6 Å². The van der Waals surface area contributed by atoms with Crippen LogP contribution in [0.3, 0.4) is 0 Å². The van der Waals surface area contributed by atoms with E-state index < -0.39 is 0 Å². The second kappa shape index (κ2) is 12.1. The molecule has 6 nitrogen and oxygen atoms in total. The second-order valence-corrected chi connectivity index (χ2v) is 7.28. The lowest BCUT2D eigenvalue weighted by molar-refractivity contribution is -0.116. The van der Waals surface area contributed by atoms with Crippen molar-refractivity contribution < 1.29 is 9.59 Å². The normalized spacial score (nSPS) is 11.7. The summed E-state index contributed by atoms with van der Waals surface area (Å²) in [5.41, 5.74) is 9.34. The van der Waals surface area contributed by atoms with Crippen molar-refractivity contribution in [2.45, 2.75) is 12.5 Å². The first-order valence-electron chi connectivity index (χ1n) is 10.6. The molecule has 0 aliphatic carbocycles. The molecule has 0 aliphatic rings. The Labute approximate surface area is 188 Å². The number of anilines is 1. The maximum absolute atomic E-state index is 12.6. The zero-order valence-corrected chi connectivity index (χ0v) is 17.8. The van der Waals surface area contributed by atoms with E-state index in [1.54, 1.807) is 6.08 Å². The summed E-state index contributed by atoms with van der Waals surface area (Å²) in [6.07, 6.45) is 3.68. The number of carbonyl (C=O) groups excluding carboxylic acids is 2. The van der Waals surface area contributed by atoms with Gasteiger partial charge in [0.1, 0.15) is 0 Å². The molecule has 0 bridgehead atoms. The molecule has 1 atom stereocenters. The molecule has 3 aromatic rings. The monoisotopic (exact) mass is 428 g/mol. The van der Waals surface area contributed by atoms with Crippen LogP contribution in [0, 0.1) is 0 Å². The fourth-order valence-corrected chi connectivity index (χ4v) is 3.21. The summed E-state index contributed by atoms with van der Waals surface area (Å²) < 4.78 is 0. The van der Waals surface area contributed by atoms with Gasteiger partial charge >= 0.3 is 6.03 Å². The van der Waals surface area contributed by atoms with Crippen molar-refractivity contribution in [3.8, 4) is 11.1 Å². The van der Waals surface area contributed by atoms with Crippen molar-refractivity contribution in [2.24, 2.45) is 5.73 Å². The Morgan fingerprint density at radius 3 is 2.12 bits per heavy atom. The summed E-state index contributed by atoms with van der Waals surface area (Å²) in [4.78, 5) is 24.5. The van der Waals surface area contributed by atoms with E-state index in [1.807, 2.05) is 84.9 Å². The Morgan fingerprint density at radius 1 is 0.844 bits per heavy atom. The van der Waals surface area contributed by atoms with Crippen LogP contribution in [0.25, 0.3) is 11.1 Å². The minimum absolute atomic E-state index is 0.243. The standard InChI is InChI=1S/C26H28N4O2/c27-17-18-28-25(31)16-15-24(19-20-7-3-1-4-8-20)30-26(32)29-23-13-11-22(12-14-23)21-9-5-2-6-10-21/h1-16,24H,17-19,27H2,(H,28,31)(H2,29,30,32)/b16-15+/t24-/m0/s1. The first kappa shape index (κ1) is 22.8. The fourth-order valence-electron chi connectivity index (χ4n) is 3.21. The molecule has 0 aromatic heterocycles. The number of carbonyl (C=O) groups is 2. The Morgan fingerprint density at radius 2 is 1.47 bits per heavy atom. The van der Waals surface area contributed by atoms with Gasteiger partial charge in [0.05, 0.1) is 6.04 Å². The highest BCUT2D eigenvalue weighted by molar-refractivity contribution is 5.90. The van der Waals surface area contributed by atoms with Crippen molar-refractivity contribution in [3.63, 3.8) is 0 Å². The highest BCUT2D eigenvalue weighted by atomic mass is 16.2. The lowest BCUT2D eigenvalue weighted by Gasteiger charge is -2.16. The summed E-state index contributed by atoms with van der Waals surface area (Å²) in [6.45, 7) is 0.774. The lowest BCUT2D eigenvalue weighted by Crippen LogP contribution is -2.38. The highest BCUT2D eigenvalue weighted by Crippen LogP contribution is 2.21. The van der Waals surface area contributed by atoms with Gasteiger partial charge in [-0.05, 0) is 35.2 Å². The van der Waals surface area contributed by atoms with Crippen LogP contribution >= 0.6 is 0 Å². The van der Waals surface area contributed by atoms with Gasteiger partial charge in [-0.3, -0.25) is 4.79 Å². The third kappa shape index (κ3) is 7.41. The number of amides is 3. The quantitative estimate of drug-likeness (QED) is 0.391. The molecule has 0 spiro atoms. The van der Waals surface area contributed by atoms with Crippen molar-refractivity contribution in [1.29, 1.82) is 0 Å². The maximum Gasteiger partial charge on any atom is 0.319 e. The molecule has 0 unspecified atom stereocenters. The molecular formula is C26H28N4O2. The van der Waals surface area contributed by atoms with E-state index in [0.717, 1.165) is 16.7 Å². The van der Waals surface area contributed by atoms with Gasteiger partial charge in [-0.25, -0.2) is 4.79 Å². The van der Waals surface area contributed by atoms with Gasteiger partial charge in [0.2, 0.25) is 5.91 Å². The zero-order valence-electron chi connectivity index (χ0n) is 17.8. The SMILES string of the molecule is NCCNC(=O)/C=C/[C@@H](Cc1ccccc1)NC(=O)Nc1ccc(-c2ccccc2)cc1. The van der Waals surface area contributed by atoms with Gasteiger partial charge in [-0.15, -0.1) is 0 Å². The Bertz CT molecular complexity index is 1020. The number of hydrogen-bond acceptors (Lipinski definition) is 3. The third-order valence-electron chi connectivity index (χ3n) is 4.79. The van der Waals surface area contributed by atoms with Crippen LogP contribution in [0.15, 0.2) is 97.1 Å². The topological polar surface area (TPSA) is 96.2 Å². The Balaban J connectivity index is 1.63. The molecule has 6 heteroatoms. The average Bonchev–Trinajstić information content (AvgIpc) is 2.83. The summed E-state index contributed by atoms with van der Waals surface area (Å²) in [6, 6.07) is 26.8. The van der Waals surface area contributed by atoms with Gasteiger partial charge in [-0.2, -0.15) is 0 Å². The Kier molecular flexibility index (Phi) is 8.60.